The molecule has 0 aliphatic rings. The van der Waals surface area contributed by atoms with Gasteiger partial charge in [-0.1, -0.05) is 62.4 Å². The molecular weight excluding hydrogens is 1040 g/mol. The quantitative estimate of drug-likeness (QED) is 0.0273. The Bertz CT molecular complexity index is 4650. The number of nitrogens with zero attached hydrogens (tertiary/aromatic N) is 2. The molecule has 83 heavy (non-hydrogen) atoms. The van der Waals surface area contributed by atoms with E-state index in [1.165, 1.54) is 18.1 Å². The van der Waals surface area contributed by atoms with E-state index in [1.807, 2.05) is 57.2 Å². The third-order valence-corrected chi connectivity index (χ3v) is 14.4. The number of hydrogen-bond donors (Lipinski definition) is 8. The number of imidazole rings is 1. The summed E-state index contributed by atoms with van der Waals surface area (Å²) in [7, 11) is 0. The van der Waals surface area contributed by atoms with Crippen LogP contribution in [0.15, 0.2) is 157 Å². The van der Waals surface area contributed by atoms with Gasteiger partial charge >= 0.3 is 0 Å². The SMILES string of the molecule is C=C(C)c1cc(Oc2cc(N)cc(N)c2)c2c3c(Oc4cc(N)cc(N)c4)cc4c(=O)n5c6ccccc6nc5c5cc(Oc6cc(N)cc(N)c6)c(c6c(Oc7cc(N)cc(N)c7)cc(C(C)=O)c1c26)c3c45.CC.Cc1ccccc1C. The average molecular weight is 1100 g/mol. The van der Waals surface area contributed by atoms with Crippen LogP contribution in [0, 0.1) is 13.8 Å². The van der Waals surface area contributed by atoms with Crippen LogP contribution in [0.3, 0.4) is 0 Å². The summed E-state index contributed by atoms with van der Waals surface area (Å²) in [4.78, 5) is 34.9. The number of carbonyl (C=O) groups excluding carboxylic acids is 1. The second-order valence-electron chi connectivity index (χ2n) is 20.4. The summed E-state index contributed by atoms with van der Waals surface area (Å²) in [6.07, 6.45) is 0. The van der Waals surface area contributed by atoms with Crippen molar-refractivity contribution in [1.29, 1.82) is 0 Å². The Balaban J connectivity index is 0.000000660. The first-order valence-electron chi connectivity index (χ1n) is 26.7. The van der Waals surface area contributed by atoms with E-state index in [4.69, 9.17) is 69.8 Å². The summed E-state index contributed by atoms with van der Waals surface area (Å²) in [5.74, 6) is 1.69. The molecule has 2 aromatic heterocycles. The number of allylic oxidation sites excluding steroid dienone is 1. The van der Waals surface area contributed by atoms with Crippen molar-refractivity contribution in [1.82, 2.24) is 9.38 Å². The number of anilines is 8. The molecule has 0 aliphatic heterocycles. The predicted molar refractivity (Wildman–Crippen MR) is 342 cm³/mol. The first-order chi connectivity index (χ1) is 39.8. The Hall–Kier alpha value is -11.1. The molecule has 0 radical (unpaired) electrons. The van der Waals surface area contributed by atoms with Crippen molar-refractivity contribution in [2.75, 3.05) is 45.9 Å². The van der Waals surface area contributed by atoms with Crippen LogP contribution in [-0.2, 0) is 0 Å². The van der Waals surface area contributed by atoms with Gasteiger partial charge in [0, 0.05) is 148 Å². The minimum absolute atomic E-state index is 0.178. The number of rotatable bonds is 10. The summed E-state index contributed by atoms with van der Waals surface area (Å²) < 4.78 is 29.6. The first-order valence-corrected chi connectivity index (χ1v) is 26.7. The number of ether oxygens (including phenoxy) is 4. The van der Waals surface area contributed by atoms with Gasteiger partial charge in [-0.2, -0.15) is 0 Å². The molecule has 13 rings (SSSR count). The van der Waals surface area contributed by atoms with Crippen LogP contribution in [0.1, 0.15) is 54.7 Å². The molecule has 16 heteroatoms. The molecule has 0 unspecified atom stereocenters. The van der Waals surface area contributed by atoms with E-state index in [0.29, 0.717) is 128 Å². The zero-order valence-electron chi connectivity index (χ0n) is 46.5. The van der Waals surface area contributed by atoms with Gasteiger partial charge in [-0.15, -0.1) is 0 Å². The van der Waals surface area contributed by atoms with Crippen molar-refractivity contribution in [3.8, 4) is 46.0 Å². The summed E-state index contributed by atoms with van der Waals surface area (Å²) >= 11 is 0. The monoisotopic (exact) mass is 1100 g/mol. The average Bonchev–Trinajstić information content (AvgIpc) is 1.44. The molecule has 11 aromatic carbocycles. The topological polar surface area (TPSA) is 297 Å². The number of pyridine rings is 1. The van der Waals surface area contributed by atoms with Crippen LogP contribution in [0.2, 0.25) is 0 Å². The van der Waals surface area contributed by atoms with E-state index < -0.39 is 0 Å². The standard InChI is InChI=1S/C57H44N10O6.C8H10.C2H6/c1-24(2)38-20-44(70-34-12-26(58)8-27(59)13-34)50-53-47(73-37-18-32(64)11-33(65)19-37)23-41-49-40(56-66-42-6-4-5-7-43(42)67(56)57(41)69)22-46(72-36-16-30(62)10-31(63)17-36)52(55(49)53)51-45(21-39(25(3)68)48(38)54(50)51)71-35-14-28(60)9-29(61)15-35;1-7-5-3-4-6-8(7)2;1-2/h4-23H,1,58-65H2,2-3H3;3-6H,1-2H3;1-2H3. The second-order valence-corrected chi connectivity index (χ2v) is 20.4. The maximum Gasteiger partial charge on any atom is 0.264 e. The molecule has 414 valence electrons. The minimum Gasteiger partial charge on any atom is -0.457 e. The van der Waals surface area contributed by atoms with Gasteiger partial charge in [0.1, 0.15) is 51.6 Å². The number of para-hydroxylation sites is 2. The molecule has 2 heterocycles. The fourth-order valence-corrected chi connectivity index (χ4v) is 11.0. The molecule has 13 aromatic rings. The third kappa shape index (κ3) is 9.63. The van der Waals surface area contributed by atoms with Gasteiger partial charge in [-0.05, 0) is 105 Å². The Morgan fingerprint density at radius 1 is 0.434 bits per heavy atom. The van der Waals surface area contributed by atoms with Gasteiger partial charge in [0.25, 0.3) is 5.56 Å². The fraction of sp³-hybridized carbons (Fsp3) is 0.0896. The second kappa shape index (κ2) is 20.8. The van der Waals surface area contributed by atoms with Crippen molar-refractivity contribution < 1.29 is 23.7 Å². The molecule has 0 amide bonds. The van der Waals surface area contributed by atoms with Crippen LogP contribution < -0.4 is 70.4 Å². The Labute approximate surface area is 476 Å². The summed E-state index contributed by atoms with van der Waals surface area (Å²) in [5, 5.41) is 4.39. The van der Waals surface area contributed by atoms with E-state index >= 15 is 4.79 Å². The number of nitrogen functional groups attached to an aromatic ring is 8. The number of aryl methyl sites for hydroxylation is 2. The Morgan fingerprint density at radius 3 is 1.17 bits per heavy atom. The van der Waals surface area contributed by atoms with Crippen LogP contribution in [-0.4, -0.2) is 15.2 Å². The first kappa shape index (κ1) is 53.9. The molecule has 0 saturated heterocycles. The minimum atomic E-state index is -0.387. The molecule has 0 aliphatic carbocycles. The van der Waals surface area contributed by atoms with E-state index in [0.717, 1.165) is 0 Å². The number of carbonyl (C=O) groups is 1. The van der Waals surface area contributed by atoms with Crippen LogP contribution in [0.25, 0.3) is 76.1 Å². The maximum atomic E-state index is 15.5. The van der Waals surface area contributed by atoms with E-state index in [9.17, 15) is 4.79 Å². The molecular formula is C67H60N10O6. The maximum absolute atomic E-state index is 15.5. The molecule has 0 fully saturated rings. The van der Waals surface area contributed by atoms with Gasteiger partial charge in [0.2, 0.25) is 0 Å². The Morgan fingerprint density at radius 2 is 0.783 bits per heavy atom. The van der Waals surface area contributed by atoms with Gasteiger partial charge in [-0.3, -0.25) is 14.0 Å². The summed E-state index contributed by atoms with van der Waals surface area (Å²) in [5.41, 5.74) is 59.2. The lowest BCUT2D eigenvalue weighted by molar-refractivity contribution is 0.101. The molecule has 16 nitrogen and oxygen atoms in total. The lowest BCUT2D eigenvalue weighted by Gasteiger charge is -2.26. The highest BCUT2D eigenvalue weighted by molar-refractivity contribution is 6.43. The zero-order chi connectivity index (χ0) is 58.9. The number of nitrogens with two attached hydrogens (primary N) is 8. The number of hydrogen-bond acceptors (Lipinski definition) is 15. The van der Waals surface area contributed by atoms with Gasteiger partial charge in [0.15, 0.2) is 5.78 Å². The van der Waals surface area contributed by atoms with E-state index in [2.05, 4.69) is 44.7 Å². The lowest BCUT2D eigenvalue weighted by Crippen LogP contribution is -2.14. The third-order valence-electron chi connectivity index (χ3n) is 14.4. The van der Waals surface area contributed by atoms with Crippen LogP contribution >= 0.6 is 0 Å². The van der Waals surface area contributed by atoms with Crippen molar-refractivity contribution in [2.45, 2.75) is 41.5 Å². The highest BCUT2D eigenvalue weighted by Gasteiger charge is 2.32. The number of fused-ring (bicyclic) bond motifs is 6. The summed E-state index contributed by atoms with van der Waals surface area (Å²) in [6, 6.07) is 42.2. The summed E-state index contributed by atoms with van der Waals surface area (Å²) in [6.45, 7) is 16.0. The normalized spacial score (nSPS) is 11.3. The number of aromatic nitrogens is 2. The van der Waals surface area contributed by atoms with E-state index in [1.54, 1.807) is 89.3 Å². The molecule has 0 atom stereocenters. The number of ketones is 1. The van der Waals surface area contributed by atoms with Gasteiger partial charge in [-0.25, -0.2) is 4.98 Å². The van der Waals surface area contributed by atoms with E-state index in [-0.39, 0.29) is 62.5 Å². The highest BCUT2D eigenvalue weighted by Crippen LogP contribution is 2.58. The fourth-order valence-electron chi connectivity index (χ4n) is 11.0. The predicted octanol–water partition coefficient (Wildman–Crippen LogP) is 14.9. The Kier molecular flexibility index (Phi) is 13.5. The molecule has 0 spiro atoms. The largest absolute Gasteiger partial charge is 0.457 e. The van der Waals surface area contributed by atoms with Crippen molar-refractivity contribution in [2.24, 2.45) is 0 Å². The number of benzene rings is 11. The zero-order valence-corrected chi connectivity index (χ0v) is 46.5. The van der Waals surface area contributed by atoms with Crippen molar-refractivity contribution >= 4 is 127 Å². The molecule has 16 N–H and O–H groups in total. The highest BCUT2D eigenvalue weighted by atomic mass is 16.5. The number of Topliss-reactive ketones (excluding diaryl/α,β-unsaturated/α-hetero) is 1. The molecule has 0 saturated carbocycles. The smallest absolute Gasteiger partial charge is 0.264 e. The van der Waals surface area contributed by atoms with Gasteiger partial charge < -0.3 is 64.8 Å². The van der Waals surface area contributed by atoms with Crippen molar-refractivity contribution in [3.05, 3.63) is 185 Å². The molecule has 0 bridgehead atoms. The van der Waals surface area contributed by atoms with Crippen molar-refractivity contribution in [3.63, 3.8) is 0 Å². The van der Waals surface area contributed by atoms with Crippen LogP contribution in [0.4, 0.5) is 45.5 Å². The van der Waals surface area contributed by atoms with Gasteiger partial charge in [0.05, 0.1) is 16.4 Å². The lowest BCUT2D eigenvalue weighted by atomic mass is 9.82. The van der Waals surface area contributed by atoms with Crippen LogP contribution in [0.5, 0.6) is 46.0 Å².